The predicted octanol–water partition coefficient (Wildman–Crippen LogP) is 3.58. The number of halogens is 1. The molecule has 1 amide bonds. The summed E-state index contributed by atoms with van der Waals surface area (Å²) in [5, 5.41) is 3.51. The second kappa shape index (κ2) is 8.35. The van der Waals surface area contributed by atoms with Crippen LogP contribution >= 0.6 is 11.6 Å². The number of anilines is 2. The summed E-state index contributed by atoms with van der Waals surface area (Å²) in [5.41, 5.74) is 1.95. The van der Waals surface area contributed by atoms with E-state index in [0.717, 1.165) is 56.8 Å². The third-order valence-electron chi connectivity index (χ3n) is 5.64. The van der Waals surface area contributed by atoms with Gasteiger partial charge in [0, 0.05) is 38.6 Å². The van der Waals surface area contributed by atoms with E-state index >= 15 is 0 Å². The van der Waals surface area contributed by atoms with Gasteiger partial charge < -0.3 is 15.1 Å². The van der Waals surface area contributed by atoms with Gasteiger partial charge in [-0.3, -0.25) is 4.79 Å². The number of hydrogen-bond acceptors (Lipinski definition) is 5. The van der Waals surface area contributed by atoms with E-state index in [1.807, 2.05) is 25.2 Å². The maximum Gasteiger partial charge on any atom is 0.226 e. The number of aromatic nitrogens is 2. The molecule has 2 fully saturated rings. The van der Waals surface area contributed by atoms with Crippen LogP contribution in [0.5, 0.6) is 0 Å². The molecule has 1 saturated heterocycles. The van der Waals surface area contributed by atoms with Gasteiger partial charge in [0.2, 0.25) is 5.91 Å². The number of amides is 1. The molecule has 0 radical (unpaired) electrons. The van der Waals surface area contributed by atoms with E-state index in [1.165, 1.54) is 11.9 Å². The molecule has 2 heterocycles. The lowest BCUT2D eigenvalue weighted by molar-refractivity contribution is -0.137. The molecule has 2 aromatic rings. The highest BCUT2D eigenvalue weighted by atomic mass is 35.5. The zero-order chi connectivity index (χ0) is 19.5. The van der Waals surface area contributed by atoms with Gasteiger partial charge in [-0.1, -0.05) is 41.9 Å². The Morgan fingerprint density at radius 1 is 1.18 bits per heavy atom. The van der Waals surface area contributed by atoms with Crippen LogP contribution in [0.2, 0.25) is 5.15 Å². The van der Waals surface area contributed by atoms with Crippen LogP contribution in [0.25, 0.3) is 0 Å². The minimum Gasteiger partial charge on any atom is -0.383 e. The Morgan fingerprint density at radius 2 is 1.89 bits per heavy atom. The molecule has 1 saturated carbocycles. The third-order valence-corrected chi connectivity index (χ3v) is 5.93. The van der Waals surface area contributed by atoms with E-state index in [0.29, 0.717) is 17.1 Å². The molecule has 0 spiro atoms. The number of nitrogens with zero attached hydrogens (tertiary/aromatic N) is 4. The minimum atomic E-state index is 0.0795. The quantitative estimate of drug-likeness (QED) is 0.752. The zero-order valence-electron chi connectivity index (χ0n) is 16.1. The van der Waals surface area contributed by atoms with Crippen molar-refractivity contribution in [1.29, 1.82) is 0 Å². The van der Waals surface area contributed by atoms with Crippen LogP contribution < -0.4 is 10.2 Å². The van der Waals surface area contributed by atoms with Gasteiger partial charge in [-0.15, -0.1) is 0 Å². The fraction of sp³-hybridized carbons (Fsp3) is 0.476. The number of carbonyl (C=O) groups is 1. The Bertz CT molecular complexity index is 819. The third kappa shape index (κ3) is 4.07. The number of nitrogens with one attached hydrogen (secondary N) is 1. The summed E-state index contributed by atoms with van der Waals surface area (Å²) in [6, 6.07) is 10.7. The molecule has 148 valence electrons. The highest BCUT2D eigenvalue weighted by molar-refractivity contribution is 6.32. The van der Waals surface area contributed by atoms with E-state index in [1.54, 1.807) is 0 Å². The normalized spacial score (nSPS) is 17.4. The Balaban J connectivity index is 1.41. The van der Waals surface area contributed by atoms with Crippen LogP contribution in [-0.2, 0) is 11.3 Å². The largest absolute Gasteiger partial charge is 0.383 e. The second-order valence-corrected chi connectivity index (χ2v) is 7.92. The van der Waals surface area contributed by atoms with Crippen molar-refractivity contribution in [3.63, 3.8) is 0 Å². The molecule has 1 aliphatic carbocycles. The summed E-state index contributed by atoms with van der Waals surface area (Å²) in [7, 11) is 1.82. The van der Waals surface area contributed by atoms with Gasteiger partial charge in [0.15, 0.2) is 11.0 Å². The summed E-state index contributed by atoms with van der Waals surface area (Å²) in [6.45, 7) is 2.31. The second-order valence-electron chi connectivity index (χ2n) is 7.56. The Morgan fingerprint density at radius 3 is 2.54 bits per heavy atom. The molecule has 0 bridgehead atoms. The Hall–Kier alpha value is -2.34. The number of benzene rings is 1. The summed E-state index contributed by atoms with van der Waals surface area (Å²) < 4.78 is 0. The van der Waals surface area contributed by atoms with Gasteiger partial charge in [-0.2, -0.15) is 0 Å². The highest BCUT2D eigenvalue weighted by Crippen LogP contribution is 2.34. The predicted molar refractivity (Wildman–Crippen MR) is 112 cm³/mol. The van der Waals surface area contributed by atoms with Crippen LogP contribution in [0, 0.1) is 5.92 Å². The number of carbonyl (C=O) groups excluding carboxylic acids is 1. The van der Waals surface area contributed by atoms with Gasteiger partial charge in [-0.25, -0.2) is 9.97 Å². The molecular formula is C21H26ClN5O. The first-order valence-corrected chi connectivity index (χ1v) is 10.3. The SMILES string of the molecule is CNc1c(Cl)ncnc1N1CCC(C(=O)N(Cc2ccccc2)C2CC2)CC1. The van der Waals surface area contributed by atoms with Gasteiger partial charge in [0.05, 0.1) is 0 Å². The maximum absolute atomic E-state index is 13.3. The monoisotopic (exact) mass is 399 g/mol. The average Bonchev–Trinajstić information content (AvgIpc) is 3.57. The van der Waals surface area contributed by atoms with E-state index in [2.05, 4.69) is 37.2 Å². The maximum atomic E-state index is 13.3. The molecule has 1 aliphatic heterocycles. The molecule has 4 rings (SSSR count). The molecule has 0 atom stereocenters. The molecule has 28 heavy (non-hydrogen) atoms. The number of piperidine rings is 1. The van der Waals surface area contributed by atoms with Crippen molar-refractivity contribution in [2.45, 2.75) is 38.3 Å². The van der Waals surface area contributed by atoms with E-state index < -0.39 is 0 Å². The number of rotatable bonds is 6. The van der Waals surface area contributed by atoms with E-state index in [-0.39, 0.29) is 5.92 Å². The summed E-state index contributed by atoms with van der Waals surface area (Å²) in [6.07, 6.45) is 5.42. The Kier molecular flexibility index (Phi) is 5.67. The van der Waals surface area contributed by atoms with Crippen LogP contribution in [-0.4, -0.2) is 47.0 Å². The minimum absolute atomic E-state index is 0.0795. The van der Waals surface area contributed by atoms with E-state index in [4.69, 9.17) is 11.6 Å². The number of hydrogen-bond donors (Lipinski definition) is 1. The van der Waals surface area contributed by atoms with Gasteiger partial charge in [-0.05, 0) is 31.2 Å². The summed E-state index contributed by atoms with van der Waals surface area (Å²) in [5.74, 6) is 1.20. The first kappa shape index (κ1) is 19.0. The molecular weight excluding hydrogens is 374 g/mol. The average molecular weight is 400 g/mol. The standard InChI is InChI=1S/C21H26ClN5O/c1-23-18-19(22)24-14-25-20(18)26-11-9-16(10-12-26)21(28)27(17-7-8-17)13-15-5-3-2-4-6-15/h2-6,14,16-17,23H,7-13H2,1H3. The molecule has 2 aliphatic rings. The van der Waals surface area contributed by atoms with Crippen molar-refractivity contribution in [2.75, 3.05) is 30.4 Å². The lowest BCUT2D eigenvalue weighted by atomic mass is 9.94. The molecule has 7 heteroatoms. The van der Waals surface area contributed by atoms with Crippen molar-refractivity contribution in [3.8, 4) is 0 Å². The fourth-order valence-corrected chi connectivity index (χ4v) is 4.16. The van der Waals surface area contributed by atoms with Crippen molar-refractivity contribution in [1.82, 2.24) is 14.9 Å². The van der Waals surface area contributed by atoms with Gasteiger partial charge in [0.25, 0.3) is 0 Å². The smallest absolute Gasteiger partial charge is 0.226 e. The van der Waals surface area contributed by atoms with Crippen LogP contribution in [0.4, 0.5) is 11.5 Å². The molecule has 1 N–H and O–H groups in total. The lowest BCUT2D eigenvalue weighted by Gasteiger charge is -2.35. The summed E-state index contributed by atoms with van der Waals surface area (Å²) >= 11 is 6.19. The van der Waals surface area contributed by atoms with Crippen molar-refractivity contribution >= 4 is 29.0 Å². The molecule has 6 nitrogen and oxygen atoms in total. The molecule has 0 unspecified atom stereocenters. The molecule has 1 aromatic carbocycles. The first-order valence-electron chi connectivity index (χ1n) is 9.95. The van der Waals surface area contributed by atoms with Crippen molar-refractivity contribution in [2.24, 2.45) is 5.92 Å². The van der Waals surface area contributed by atoms with Crippen molar-refractivity contribution in [3.05, 3.63) is 47.4 Å². The van der Waals surface area contributed by atoms with E-state index in [9.17, 15) is 4.79 Å². The first-order chi connectivity index (χ1) is 13.7. The van der Waals surface area contributed by atoms with Crippen molar-refractivity contribution < 1.29 is 4.79 Å². The summed E-state index contributed by atoms with van der Waals surface area (Å²) in [4.78, 5) is 26.0. The zero-order valence-corrected chi connectivity index (χ0v) is 16.9. The van der Waals surface area contributed by atoms with Gasteiger partial charge >= 0.3 is 0 Å². The Labute approximate surface area is 170 Å². The fourth-order valence-electron chi connectivity index (χ4n) is 3.94. The van der Waals surface area contributed by atoms with Crippen LogP contribution in [0.1, 0.15) is 31.2 Å². The van der Waals surface area contributed by atoms with Crippen LogP contribution in [0.15, 0.2) is 36.7 Å². The molecule has 1 aromatic heterocycles. The topological polar surface area (TPSA) is 61.4 Å². The lowest BCUT2D eigenvalue weighted by Crippen LogP contribution is -2.43. The highest BCUT2D eigenvalue weighted by Gasteiger charge is 2.37. The van der Waals surface area contributed by atoms with Gasteiger partial charge in [0.1, 0.15) is 12.0 Å². The van der Waals surface area contributed by atoms with Crippen LogP contribution in [0.3, 0.4) is 0 Å².